The molecule has 2 heteroatoms. The van der Waals surface area contributed by atoms with E-state index >= 15 is 0 Å². The number of hydrogen-bond donors (Lipinski definition) is 0. The van der Waals surface area contributed by atoms with Crippen molar-refractivity contribution in [3.63, 3.8) is 0 Å². The molecular weight excluding hydrogens is 308 g/mol. The first-order valence-corrected chi connectivity index (χ1v) is 9.44. The summed E-state index contributed by atoms with van der Waals surface area (Å²) in [5.41, 5.74) is 4.25. The third-order valence-corrected chi connectivity index (χ3v) is 5.01. The summed E-state index contributed by atoms with van der Waals surface area (Å²) in [4.78, 5) is 0. The molecule has 1 unspecified atom stereocenters. The van der Waals surface area contributed by atoms with Gasteiger partial charge in [0.25, 0.3) is 0 Å². The van der Waals surface area contributed by atoms with Crippen LogP contribution in [0.15, 0.2) is 54.6 Å². The van der Waals surface area contributed by atoms with E-state index in [0.717, 1.165) is 13.0 Å². The lowest BCUT2D eigenvalue weighted by Crippen LogP contribution is -2.21. The fraction of sp³-hybridized carbons (Fsp3) is 0.478. The Hall–Kier alpha value is -1.64. The summed E-state index contributed by atoms with van der Waals surface area (Å²) in [6, 6.07) is 19.5. The predicted molar refractivity (Wildman–Crippen MR) is 103 cm³/mol. The summed E-state index contributed by atoms with van der Waals surface area (Å²) in [5, 5.41) is 0. The van der Waals surface area contributed by atoms with Gasteiger partial charge in [-0.1, -0.05) is 54.6 Å². The predicted octanol–water partition coefficient (Wildman–Crippen LogP) is 5.29. The normalized spacial score (nSPS) is 16.8. The molecule has 3 rings (SSSR count). The van der Waals surface area contributed by atoms with Crippen LogP contribution in [0.1, 0.15) is 50.3 Å². The van der Waals surface area contributed by atoms with Crippen molar-refractivity contribution in [2.45, 2.75) is 64.3 Å². The molecule has 0 spiro atoms. The second-order valence-electron chi connectivity index (χ2n) is 7.65. The van der Waals surface area contributed by atoms with Crippen LogP contribution >= 0.6 is 0 Å². The van der Waals surface area contributed by atoms with E-state index in [1.165, 1.54) is 29.5 Å². The Balaban J connectivity index is 1.47. The van der Waals surface area contributed by atoms with Gasteiger partial charge < -0.3 is 9.47 Å². The first kappa shape index (κ1) is 18.2. The second kappa shape index (κ2) is 8.16. The Bertz CT molecular complexity index is 642. The van der Waals surface area contributed by atoms with E-state index in [1.54, 1.807) is 0 Å². The number of hydrogen-bond acceptors (Lipinski definition) is 2. The maximum absolute atomic E-state index is 6.21. The molecule has 0 bridgehead atoms. The molecule has 0 amide bonds. The topological polar surface area (TPSA) is 18.5 Å². The SMILES string of the molecule is CC(C)OCc1ccc(CC(C)OCC2(c3ccccc3)CC2)cc1. The highest BCUT2D eigenvalue weighted by Gasteiger charge is 2.44. The van der Waals surface area contributed by atoms with Gasteiger partial charge in [-0.15, -0.1) is 0 Å². The number of benzene rings is 2. The van der Waals surface area contributed by atoms with Crippen LogP contribution in [0, 0.1) is 0 Å². The van der Waals surface area contributed by atoms with E-state index in [0.29, 0.717) is 6.61 Å². The Morgan fingerprint density at radius 3 is 2.08 bits per heavy atom. The van der Waals surface area contributed by atoms with Crippen LogP contribution in [-0.4, -0.2) is 18.8 Å². The zero-order valence-electron chi connectivity index (χ0n) is 15.7. The van der Waals surface area contributed by atoms with Crippen molar-refractivity contribution in [2.75, 3.05) is 6.61 Å². The Morgan fingerprint density at radius 2 is 1.48 bits per heavy atom. The molecule has 0 aromatic heterocycles. The van der Waals surface area contributed by atoms with Crippen LogP contribution in [0.3, 0.4) is 0 Å². The average Bonchev–Trinajstić information content (AvgIpc) is 3.41. The summed E-state index contributed by atoms with van der Waals surface area (Å²) in [5.74, 6) is 0. The van der Waals surface area contributed by atoms with E-state index in [4.69, 9.17) is 9.47 Å². The van der Waals surface area contributed by atoms with Gasteiger partial charge in [0.1, 0.15) is 0 Å². The molecule has 25 heavy (non-hydrogen) atoms. The Morgan fingerprint density at radius 1 is 0.840 bits per heavy atom. The van der Waals surface area contributed by atoms with Crippen molar-refractivity contribution >= 4 is 0 Å². The fourth-order valence-electron chi connectivity index (χ4n) is 3.19. The van der Waals surface area contributed by atoms with Crippen LogP contribution < -0.4 is 0 Å². The molecule has 0 saturated heterocycles. The minimum Gasteiger partial charge on any atom is -0.377 e. The maximum atomic E-state index is 6.21. The van der Waals surface area contributed by atoms with Crippen molar-refractivity contribution in [3.05, 3.63) is 71.3 Å². The third kappa shape index (κ3) is 5.17. The monoisotopic (exact) mass is 338 g/mol. The molecule has 0 heterocycles. The summed E-state index contributed by atoms with van der Waals surface area (Å²) >= 11 is 0. The summed E-state index contributed by atoms with van der Waals surface area (Å²) < 4.78 is 11.9. The molecule has 2 aromatic carbocycles. The number of ether oxygens (including phenoxy) is 2. The van der Waals surface area contributed by atoms with Crippen LogP contribution in [0.4, 0.5) is 0 Å². The first-order valence-electron chi connectivity index (χ1n) is 9.44. The van der Waals surface area contributed by atoms with Gasteiger partial charge in [0.15, 0.2) is 0 Å². The van der Waals surface area contributed by atoms with Crippen molar-refractivity contribution in [1.82, 2.24) is 0 Å². The highest BCUT2D eigenvalue weighted by atomic mass is 16.5. The molecule has 2 nitrogen and oxygen atoms in total. The van der Waals surface area contributed by atoms with Gasteiger partial charge in [0.05, 0.1) is 25.4 Å². The lowest BCUT2D eigenvalue weighted by molar-refractivity contribution is 0.0504. The van der Waals surface area contributed by atoms with Gasteiger partial charge in [0, 0.05) is 5.41 Å². The van der Waals surface area contributed by atoms with Crippen molar-refractivity contribution in [1.29, 1.82) is 0 Å². The van der Waals surface area contributed by atoms with Crippen molar-refractivity contribution in [2.24, 2.45) is 0 Å². The molecule has 1 fully saturated rings. The van der Waals surface area contributed by atoms with Crippen LogP contribution in [-0.2, 0) is 27.9 Å². The molecular formula is C23H30O2. The van der Waals surface area contributed by atoms with Crippen LogP contribution in [0.2, 0.25) is 0 Å². The summed E-state index contributed by atoms with van der Waals surface area (Å²) in [6.45, 7) is 7.82. The smallest absolute Gasteiger partial charge is 0.0720 e. The molecule has 1 aliphatic carbocycles. The zero-order chi connectivity index (χ0) is 17.7. The van der Waals surface area contributed by atoms with Gasteiger partial charge in [-0.3, -0.25) is 0 Å². The maximum Gasteiger partial charge on any atom is 0.0720 e. The molecule has 1 saturated carbocycles. The van der Waals surface area contributed by atoms with Crippen LogP contribution in [0.25, 0.3) is 0 Å². The molecule has 0 radical (unpaired) electrons. The molecule has 2 aromatic rings. The van der Waals surface area contributed by atoms with E-state index in [-0.39, 0.29) is 17.6 Å². The van der Waals surface area contributed by atoms with E-state index < -0.39 is 0 Å². The molecule has 1 aliphatic rings. The van der Waals surface area contributed by atoms with Crippen LogP contribution in [0.5, 0.6) is 0 Å². The zero-order valence-corrected chi connectivity index (χ0v) is 15.7. The van der Waals surface area contributed by atoms with E-state index in [9.17, 15) is 0 Å². The first-order chi connectivity index (χ1) is 12.1. The van der Waals surface area contributed by atoms with Gasteiger partial charge in [-0.2, -0.15) is 0 Å². The highest BCUT2D eigenvalue weighted by Crippen LogP contribution is 2.48. The standard InChI is InChI=1S/C23H30O2/c1-18(2)24-16-21-11-9-20(10-12-21)15-19(3)25-17-23(13-14-23)22-7-5-4-6-8-22/h4-12,18-19H,13-17H2,1-3H3. The Labute approximate surface area is 152 Å². The van der Waals surface area contributed by atoms with E-state index in [1.807, 2.05) is 0 Å². The minimum absolute atomic E-state index is 0.235. The molecule has 134 valence electrons. The van der Waals surface area contributed by atoms with Crippen molar-refractivity contribution in [3.8, 4) is 0 Å². The summed E-state index contributed by atoms with van der Waals surface area (Å²) in [6.07, 6.45) is 3.95. The largest absolute Gasteiger partial charge is 0.377 e. The Kier molecular flexibility index (Phi) is 5.93. The third-order valence-electron chi connectivity index (χ3n) is 5.01. The van der Waals surface area contributed by atoms with E-state index in [2.05, 4.69) is 75.4 Å². The van der Waals surface area contributed by atoms with Crippen molar-refractivity contribution < 1.29 is 9.47 Å². The van der Waals surface area contributed by atoms with Gasteiger partial charge in [-0.25, -0.2) is 0 Å². The summed E-state index contributed by atoms with van der Waals surface area (Å²) in [7, 11) is 0. The van der Waals surface area contributed by atoms with Gasteiger partial charge in [-0.05, 0) is 56.7 Å². The molecule has 1 atom stereocenters. The second-order valence-corrected chi connectivity index (χ2v) is 7.65. The average molecular weight is 338 g/mol. The quantitative estimate of drug-likeness (QED) is 0.618. The fourth-order valence-corrected chi connectivity index (χ4v) is 3.19. The van der Waals surface area contributed by atoms with Gasteiger partial charge >= 0.3 is 0 Å². The minimum atomic E-state index is 0.235. The molecule has 0 N–H and O–H groups in total. The molecule has 0 aliphatic heterocycles. The van der Waals surface area contributed by atoms with Gasteiger partial charge in [0.2, 0.25) is 0 Å². The lowest BCUT2D eigenvalue weighted by Gasteiger charge is -2.20. The highest BCUT2D eigenvalue weighted by molar-refractivity contribution is 5.31. The number of rotatable bonds is 9. The lowest BCUT2D eigenvalue weighted by atomic mass is 9.97.